The molecule has 2 heteroatoms. The van der Waals surface area contributed by atoms with Crippen LogP contribution < -0.4 is 0 Å². The van der Waals surface area contributed by atoms with Gasteiger partial charge in [-0.25, -0.2) is 0 Å². The molecule has 0 aliphatic heterocycles. The predicted octanol–water partition coefficient (Wildman–Crippen LogP) is 14.2. The molecule has 0 aromatic heterocycles. The van der Waals surface area contributed by atoms with Crippen molar-refractivity contribution in [3.8, 4) is 0 Å². The summed E-state index contributed by atoms with van der Waals surface area (Å²) >= 11 is 0. The molecule has 0 heterocycles. The highest BCUT2D eigenvalue weighted by Crippen LogP contribution is 2.40. The Balaban J connectivity index is 4.03. The molecular formula is C36H76P2. The summed E-state index contributed by atoms with van der Waals surface area (Å²) in [7, 11) is 0.687. The van der Waals surface area contributed by atoms with Gasteiger partial charge >= 0.3 is 0 Å². The molecule has 0 nitrogen and oxygen atoms in total. The number of hydrogen-bond donors (Lipinski definition) is 0. The van der Waals surface area contributed by atoms with Crippen molar-refractivity contribution in [3.63, 3.8) is 0 Å². The minimum absolute atomic E-state index is 0.343. The lowest BCUT2D eigenvalue weighted by Gasteiger charge is -2.18. The zero-order chi connectivity index (χ0) is 27.8. The molecule has 0 bridgehead atoms. The van der Waals surface area contributed by atoms with Crippen molar-refractivity contribution in [2.75, 3.05) is 37.0 Å². The third-order valence-electron chi connectivity index (χ3n) is 8.51. The van der Waals surface area contributed by atoms with Gasteiger partial charge in [-0.1, -0.05) is 156 Å². The van der Waals surface area contributed by atoms with E-state index >= 15 is 0 Å². The molecule has 230 valence electrons. The minimum Gasteiger partial charge on any atom is -0.107 e. The zero-order valence-electron chi connectivity index (χ0n) is 27.5. The first-order chi connectivity index (χ1) is 18.8. The Morgan fingerprint density at radius 1 is 0.211 bits per heavy atom. The fourth-order valence-electron chi connectivity index (χ4n) is 5.80. The van der Waals surface area contributed by atoms with Crippen molar-refractivity contribution < 1.29 is 0 Å². The van der Waals surface area contributed by atoms with E-state index in [1.165, 1.54) is 167 Å². The number of rotatable bonds is 33. The molecular weight excluding hydrogens is 494 g/mol. The first-order valence-electron chi connectivity index (χ1n) is 18.2. The van der Waals surface area contributed by atoms with Gasteiger partial charge in [0.05, 0.1) is 0 Å². The van der Waals surface area contributed by atoms with Crippen LogP contribution in [0, 0.1) is 0 Å². The van der Waals surface area contributed by atoms with Crippen LogP contribution in [-0.2, 0) is 0 Å². The van der Waals surface area contributed by atoms with Crippen LogP contribution >= 0.6 is 15.8 Å². The Hall–Kier alpha value is 0.860. The highest BCUT2D eigenvalue weighted by Gasteiger charge is 2.09. The van der Waals surface area contributed by atoms with Crippen LogP contribution in [0.25, 0.3) is 0 Å². The lowest BCUT2D eigenvalue weighted by Crippen LogP contribution is -1.98. The highest BCUT2D eigenvalue weighted by atomic mass is 31.1. The summed E-state index contributed by atoms with van der Waals surface area (Å²) in [5.41, 5.74) is 0. The van der Waals surface area contributed by atoms with Crippen molar-refractivity contribution >= 4 is 15.8 Å². The van der Waals surface area contributed by atoms with Gasteiger partial charge in [0.25, 0.3) is 0 Å². The third-order valence-corrected chi connectivity index (χ3v) is 14.2. The number of hydrogen-bond acceptors (Lipinski definition) is 0. The van der Waals surface area contributed by atoms with E-state index in [0.717, 1.165) is 0 Å². The molecule has 0 spiro atoms. The van der Waals surface area contributed by atoms with E-state index < -0.39 is 0 Å². The molecule has 38 heavy (non-hydrogen) atoms. The van der Waals surface area contributed by atoms with Crippen LogP contribution in [-0.4, -0.2) is 37.0 Å². The van der Waals surface area contributed by atoms with E-state index in [9.17, 15) is 0 Å². The van der Waals surface area contributed by atoms with Crippen molar-refractivity contribution in [3.05, 3.63) is 0 Å². The van der Waals surface area contributed by atoms with Crippen molar-refractivity contribution in [2.45, 2.75) is 195 Å². The Bertz CT molecular complexity index is 344. The summed E-state index contributed by atoms with van der Waals surface area (Å²) < 4.78 is 0. The fourth-order valence-corrected chi connectivity index (χ4v) is 11.2. The maximum Gasteiger partial charge on any atom is -0.0326 e. The van der Waals surface area contributed by atoms with Crippen LogP contribution in [0.4, 0.5) is 0 Å². The van der Waals surface area contributed by atoms with Gasteiger partial charge in [0.2, 0.25) is 0 Å². The van der Waals surface area contributed by atoms with E-state index in [4.69, 9.17) is 0 Å². The zero-order valence-corrected chi connectivity index (χ0v) is 29.3. The molecule has 0 amide bonds. The Labute approximate surface area is 247 Å². The van der Waals surface area contributed by atoms with Gasteiger partial charge in [-0.05, 0) is 75.5 Å². The molecule has 0 saturated carbocycles. The lowest BCUT2D eigenvalue weighted by atomic mass is 10.1. The van der Waals surface area contributed by atoms with Crippen LogP contribution in [0.1, 0.15) is 195 Å². The average Bonchev–Trinajstić information content (AvgIpc) is 2.93. The smallest absolute Gasteiger partial charge is 0.0326 e. The van der Waals surface area contributed by atoms with Crippen LogP contribution in [0.15, 0.2) is 0 Å². The van der Waals surface area contributed by atoms with E-state index in [1.807, 2.05) is 0 Å². The fraction of sp³-hybridized carbons (Fsp3) is 1.00. The second kappa shape index (κ2) is 34.1. The quantitative estimate of drug-likeness (QED) is 0.0544. The summed E-state index contributed by atoms with van der Waals surface area (Å²) in [4.78, 5) is 0. The molecule has 0 N–H and O–H groups in total. The van der Waals surface area contributed by atoms with Gasteiger partial charge in [-0.3, -0.25) is 0 Å². The summed E-state index contributed by atoms with van der Waals surface area (Å²) in [6, 6.07) is 0. The summed E-state index contributed by atoms with van der Waals surface area (Å²) in [5.74, 6) is 0. The van der Waals surface area contributed by atoms with Crippen LogP contribution in [0.2, 0.25) is 0 Å². The standard InChI is InChI=1S/C36H76P2/c1-5-9-13-19-25-31-37(32-26-20-14-10-6-2)35-29-23-17-18-24-30-36-38(33-27-21-15-11-7-3)34-28-22-16-12-8-4/h5-36H2,1-4H3. The predicted molar refractivity (Wildman–Crippen MR) is 186 cm³/mol. The summed E-state index contributed by atoms with van der Waals surface area (Å²) in [6.45, 7) is 9.36. The molecule has 0 aromatic carbocycles. The molecule has 0 aromatic rings. The van der Waals surface area contributed by atoms with Gasteiger partial charge in [-0.2, -0.15) is 0 Å². The topological polar surface area (TPSA) is 0 Å². The highest BCUT2D eigenvalue weighted by molar-refractivity contribution is 7.57. The maximum atomic E-state index is 2.34. The van der Waals surface area contributed by atoms with Gasteiger partial charge in [0, 0.05) is 0 Å². The average molecular weight is 571 g/mol. The molecule has 0 saturated heterocycles. The second-order valence-electron chi connectivity index (χ2n) is 12.5. The van der Waals surface area contributed by atoms with Gasteiger partial charge < -0.3 is 0 Å². The molecule has 0 aliphatic carbocycles. The molecule has 0 atom stereocenters. The first-order valence-corrected chi connectivity index (χ1v) is 22.0. The SMILES string of the molecule is CCCCCCCP(CCCCCCC)CCCCCCCCP(CCCCCCC)CCCCCCC. The third kappa shape index (κ3) is 29.8. The van der Waals surface area contributed by atoms with Crippen LogP contribution in [0.5, 0.6) is 0 Å². The first kappa shape index (κ1) is 38.9. The van der Waals surface area contributed by atoms with Crippen molar-refractivity contribution in [1.29, 1.82) is 0 Å². The molecule has 0 unspecified atom stereocenters. The van der Waals surface area contributed by atoms with E-state index in [-0.39, 0.29) is 0 Å². The Morgan fingerprint density at radius 3 is 0.553 bits per heavy atom. The Morgan fingerprint density at radius 2 is 0.368 bits per heavy atom. The lowest BCUT2D eigenvalue weighted by molar-refractivity contribution is 0.624. The van der Waals surface area contributed by atoms with Gasteiger partial charge in [0.1, 0.15) is 0 Å². The number of unbranched alkanes of at least 4 members (excludes halogenated alkanes) is 21. The van der Waals surface area contributed by atoms with E-state index in [2.05, 4.69) is 27.7 Å². The van der Waals surface area contributed by atoms with E-state index in [0.29, 0.717) is 15.8 Å². The normalized spacial score (nSPS) is 11.8. The maximum absolute atomic E-state index is 2.34. The van der Waals surface area contributed by atoms with Gasteiger partial charge in [0.15, 0.2) is 0 Å². The molecule has 0 aliphatic rings. The molecule has 0 radical (unpaired) electrons. The van der Waals surface area contributed by atoms with E-state index in [1.54, 1.807) is 37.0 Å². The molecule has 0 rings (SSSR count). The van der Waals surface area contributed by atoms with Gasteiger partial charge in [-0.15, -0.1) is 15.8 Å². The monoisotopic (exact) mass is 571 g/mol. The largest absolute Gasteiger partial charge is 0.107 e. The Kier molecular flexibility index (Phi) is 34.8. The second-order valence-corrected chi connectivity index (χ2v) is 17.8. The van der Waals surface area contributed by atoms with Crippen molar-refractivity contribution in [1.82, 2.24) is 0 Å². The van der Waals surface area contributed by atoms with Crippen LogP contribution in [0.3, 0.4) is 0 Å². The summed E-state index contributed by atoms with van der Waals surface area (Å²) in [5, 5.41) is 0. The van der Waals surface area contributed by atoms with Crippen molar-refractivity contribution in [2.24, 2.45) is 0 Å². The minimum atomic E-state index is 0.343. The molecule has 0 fully saturated rings. The summed E-state index contributed by atoms with van der Waals surface area (Å²) in [6.07, 6.45) is 48.1.